The maximum Gasteiger partial charge on any atom is 0.165 e. The summed E-state index contributed by atoms with van der Waals surface area (Å²) in [4.78, 5) is 2.55. The van der Waals surface area contributed by atoms with E-state index in [1.807, 2.05) is 6.08 Å². The van der Waals surface area contributed by atoms with Crippen molar-refractivity contribution in [3.05, 3.63) is 35.9 Å². The summed E-state index contributed by atoms with van der Waals surface area (Å²) in [6, 6.07) is 4.30. The third-order valence-corrected chi connectivity index (χ3v) is 6.76. The van der Waals surface area contributed by atoms with Crippen molar-refractivity contribution in [1.82, 2.24) is 4.90 Å². The molecule has 122 valence electrons. The molecule has 4 nitrogen and oxygen atoms in total. The Morgan fingerprint density at radius 2 is 2.26 bits per heavy atom. The van der Waals surface area contributed by atoms with Crippen LogP contribution in [0.5, 0.6) is 11.5 Å². The average Bonchev–Trinajstić information content (AvgIpc) is 2.89. The van der Waals surface area contributed by atoms with Crippen molar-refractivity contribution in [2.24, 2.45) is 5.92 Å². The molecule has 1 aromatic carbocycles. The zero-order valence-electron chi connectivity index (χ0n) is 13.2. The first kappa shape index (κ1) is 13.9. The second-order valence-corrected chi connectivity index (χ2v) is 7.58. The van der Waals surface area contributed by atoms with E-state index in [0.29, 0.717) is 17.7 Å². The van der Waals surface area contributed by atoms with Crippen LogP contribution in [0.2, 0.25) is 0 Å². The minimum absolute atomic E-state index is 0.109. The number of aliphatic hydroxyl groups excluding tert-OH is 1. The van der Waals surface area contributed by atoms with Gasteiger partial charge in [0.25, 0.3) is 0 Å². The fourth-order valence-electron chi connectivity index (χ4n) is 5.99. The first-order valence-electron chi connectivity index (χ1n) is 8.72. The number of phenols is 1. The number of aliphatic hydroxyl groups is 1. The van der Waals surface area contributed by atoms with E-state index in [9.17, 15) is 10.2 Å². The van der Waals surface area contributed by atoms with Crippen LogP contribution in [0.4, 0.5) is 0 Å². The van der Waals surface area contributed by atoms with Crippen LogP contribution in [0.15, 0.2) is 24.8 Å². The van der Waals surface area contributed by atoms with Gasteiger partial charge in [-0.1, -0.05) is 12.1 Å². The molecule has 2 fully saturated rings. The molecule has 2 aliphatic carbocycles. The number of benzene rings is 1. The first-order chi connectivity index (χ1) is 11.2. The van der Waals surface area contributed by atoms with Gasteiger partial charge in [0, 0.05) is 23.6 Å². The van der Waals surface area contributed by atoms with Crippen molar-refractivity contribution in [2.45, 2.75) is 49.3 Å². The molecular formula is C19H23NO3. The van der Waals surface area contributed by atoms with Gasteiger partial charge in [-0.3, -0.25) is 4.90 Å². The van der Waals surface area contributed by atoms with Crippen LogP contribution in [-0.2, 0) is 11.8 Å². The highest BCUT2D eigenvalue weighted by atomic mass is 16.5. The first-order valence-corrected chi connectivity index (χ1v) is 8.72. The van der Waals surface area contributed by atoms with Gasteiger partial charge in [0.2, 0.25) is 0 Å². The lowest BCUT2D eigenvalue weighted by Gasteiger charge is -2.59. The minimum Gasteiger partial charge on any atom is -0.504 e. The highest BCUT2D eigenvalue weighted by Crippen LogP contribution is 2.63. The SMILES string of the molecule is C=CCN1CCC23c4c5ccc(O)c4OC2C(O)CCC3C1C5. The van der Waals surface area contributed by atoms with Gasteiger partial charge in [0.15, 0.2) is 11.5 Å². The van der Waals surface area contributed by atoms with E-state index in [1.165, 1.54) is 11.1 Å². The summed E-state index contributed by atoms with van der Waals surface area (Å²) in [5.41, 5.74) is 2.40. The second kappa shape index (κ2) is 4.52. The molecular weight excluding hydrogens is 290 g/mol. The fourth-order valence-corrected chi connectivity index (χ4v) is 5.99. The molecule has 5 unspecified atom stereocenters. The Bertz CT molecular complexity index is 687. The van der Waals surface area contributed by atoms with Crippen molar-refractivity contribution in [2.75, 3.05) is 13.1 Å². The average molecular weight is 313 g/mol. The summed E-state index contributed by atoms with van der Waals surface area (Å²) in [5, 5.41) is 20.9. The van der Waals surface area contributed by atoms with Crippen LogP contribution >= 0.6 is 0 Å². The number of hydrogen-bond donors (Lipinski definition) is 2. The summed E-state index contributed by atoms with van der Waals surface area (Å²) in [6.45, 7) is 5.85. The lowest BCUT2D eigenvalue weighted by atomic mass is 9.51. The Hall–Kier alpha value is -1.52. The second-order valence-electron chi connectivity index (χ2n) is 7.58. The van der Waals surface area contributed by atoms with Crippen molar-refractivity contribution >= 4 is 0 Å². The van der Waals surface area contributed by atoms with Crippen LogP contribution < -0.4 is 4.74 Å². The Morgan fingerprint density at radius 3 is 3.09 bits per heavy atom. The van der Waals surface area contributed by atoms with Gasteiger partial charge in [-0.25, -0.2) is 0 Å². The summed E-state index contributed by atoms with van der Waals surface area (Å²) >= 11 is 0. The molecule has 1 spiro atoms. The summed E-state index contributed by atoms with van der Waals surface area (Å²) in [7, 11) is 0. The number of ether oxygens (including phenoxy) is 1. The van der Waals surface area contributed by atoms with E-state index < -0.39 is 6.10 Å². The van der Waals surface area contributed by atoms with E-state index in [1.54, 1.807) is 6.07 Å². The molecule has 1 aromatic rings. The van der Waals surface area contributed by atoms with Crippen LogP contribution in [-0.4, -0.2) is 46.5 Å². The van der Waals surface area contributed by atoms with Crippen LogP contribution in [0.1, 0.15) is 30.4 Å². The van der Waals surface area contributed by atoms with E-state index >= 15 is 0 Å². The predicted octanol–water partition coefficient (Wildman–Crippen LogP) is 1.98. The number of nitrogens with zero attached hydrogens (tertiary/aromatic N) is 1. The molecule has 2 bridgehead atoms. The predicted molar refractivity (Wildman–Crippen MR) is 86.8 cm³/mol. The highest BCUT2D eigenvalue weighted by Gasteiger charge is 2.65. The van der Waals surface area contributed by atoms with E-state index in [0.717, 1.165) is 38.8 Å². The zero-order valence-corrected chi connectivity index (χ0v) is 13.2. The Morgan fingerprint density at radius 1 is 1.39 bits per heavy atom. The molecule has 2 N–H and O–H groups in total. The lowest BCUT2D eigenvalue weighted by molar-refractivity contribution is -0.102. The number of likely N-dealkylation sites (tertiary alicyclic amines) is 1. The Kier molecular flexibility index (Phi) is 2.73. The van der Waals surface area contributed by atoms with Gasteiger partial charge < -0.3 is 14.9 Å². The van der Waals surface area contributed by atoms with Gasteiger partial charge in [0.1, 0.15) is 6.10 Å². The fraction of sp³-hybridized carbons (Fsp3) is 0.579. The van der Waals surface area contributed by atoms with Gasteiger partial charge in [-0.05, 0) is 49.8 Å². The summed E-state index contributed by atoms with van der Waals surface area (Å²) < 4.78 is 6.18. The minimum atomic E-state index is -0.435. The third kappa shape index (κ3) is 1.54. The van der Waals surface area contributed by atoms with Crippen molar-refractivity contribution < 1.29 is 14.9 Å². The molecule has 1 saturated carbocycles. The van der Waals surface area contributed by atoms with Crippen molar-refractivity contribution in [3.63, 3.8) is 0 Å². The maximum atomic E-state index is 10.6. The molecule has 5 rings (SSSR count). The number of hydrogen-bond acceptors (Lipinski definition) is 4. The number of phenolic OH excluding ortho intramolecular Hbond substituents is 1. The molecule has 2 aliphatic heterocycles. The summed E-state index contributed by atoms with van der Waals surface area (Å²) in [5.74, 6) is 1.37. The summed E-state index contributed by atoms with van der Waals surface area (Å²) in [6.07, 6.45) is 5.19. The van der Waals surface area contributed by atoms with Crippen LogP contribution in [0, 0.1) is 5.92 Å². The number of aromatic hydroxyl groups is 1. The molecule has 1 saturated heterocycles. The number of rotatable bonds is 2. The number of piperidine rings is 1. The van der Waals surface area contributed by atoms with E-state index in [4.69, 9.17) is 4.74 Å². The molecule has 0 aromatic heterocycles. The normalized spacial score (nSPS) is 40.4. The molecule has 2 heterocycles. The Balaban J connectivity index is 1.73. The van der Waals surface area contributed by atoms with Gasteiger partial charge in [-0.2, -0.15) is 0 Å². The molecule has 0 amide bonds. The van der Waals surface area contributed by atoms with Crippen LogP contribution in [0.3, 0.4) is 0 Å². The van der Waals surface area contributed by atoms with Gasteiger partial charge in [0.05, 0.1) is 6.10 Å². The zero-order chi connectivity index (χ0) is 15.8. The molecule has 4 aliphatic rings. The molecule has 23 heavy (non-hydrogen) atoms. The van der Waals surface area contributed by atoms with E-state index in [2.05, 4.69) is 17.5 Å². The molecule has 5 atom stereocenters. The monoisotopic (exact) mass is 313 g/mol. The largest absolute Gasteiger partial charge is 0.504 e. The van der Waals surface area contributed by atoms with Gasteiger partial charge >= 0.3 is 0 Å². The Labute approximate surface area is 136 Å². The maximum absolute atomic E-state index is 10.6. The smallest absolute Gasteiger partial charge is 0.165 e. The quantitative estimate of drug-likeness (QED) is 0.820. The third-order valence-electron chi connectivity index (χ3n) is 6.76. The van der Waals surface area contributed by atoms with E-state index in [-0.39, 0.29) is 17.3 Å². The molecule has 4 heteroatoms. The topological polar surface area (TPSA) is 52.9 Å². The standard InChI is InChI=1S/C19H23NO3/c1-2-8-20-9-7-19-12-4-6-15(22)18(19)23-17-14(21)5-3-11(16(17)19)10-13(12)20/h2-3,5,12-13,15,18,21-22H,1,4,6-10H2. The van der Waals surface area contributed by atoms with Gasteiger partial charge in [-0.15, -0.1) is 6.58 Å². The van der Waals surface area contributed by atoms with Crippen molar-refractivity contribution in [1.29, 1.82) is 0 Å². The van der Waals surface area contributed by atoms with Crippen LogP contribution in [0.25, 0.3) is 0 Å². The molecule has 0 radical (unpaired) electrons. The highest BCUT2D eigenvalue weighted by molar-refractivity contribution is 5.60. The van der Waals surface area contributed by atoms with Crippen molar-refractivity contribution in [3.8, 4) is 11.5 Å². The lowest BCUT2D eigenvalue weighted by Crippen LogP contribution is -2.66.